The number of anilines is 1. The summed E-state index contributed by atoms with van der Waals surface area (Å²) in [5.74, 6) is -2.07. The highest BCUT2D eigenvalue weighted by Gasteiger charge is 2.17. The minimum Gasteiger partial charge on any atom is -0.495 e. The van der Waals surface area contributed by atoms with Crippen molar-refractivity contribution in [3.63, 3.8) is 0 Å². The van der Waals surface area contributed by atoms with Gasteiger partial charge in [-0.2, -0.15) is 0 Å². The molecule has 0 fully saturated rings. The zero-order valence-corrected chi connectivity index (χ0v) is 9.32. The van der Waals surface area contributed by atoms with Crippen molar-refractivity contribution in [3.05, 3.63) is 24.3 Å². The number of carbonyl (C=O) groups is 1. The molecule has 0 aliphatic carbocycles. The Kier molecular flexibility index (Phi) is 3.73. The van der Waals surface area contributed by atoms with Gasteiger partial charge in [-0.05, 0) is 12.1 Å². The van der Waals surface area contributed by atoms with Crippen LogP contribution >= 0.6 is 0 Å². The highest BCUT2D eigenvalue weighted by Crippen LogP contribution is 2.23. The van der Waals surface area contributed by atoms with Gasteiger partial charge in [-0.1, -0.05) is 12.1 Å². The van der Waals surface area contributed by atoms with Crippen molar-refractivity contribution in [2.45, 2.75) is 0 Å². The molecule has 7 heteroatoms. The fourth-order valence-electron chi connectivity index (χ4n) is 1.10. The van der Waals surface area contributed by atoms with E-state index in [1.54, 1.807) is 18.2 Å². The molecule has 0 saturated heterocycles. The van der Waals surface area contributed by atoms with E-state index in [4.69, 9.17) is 9.84 Å². The van der Waals surface area contributed by atoms with E-state index in [1.807, 2.05) is 0 Å². The van der Waals surface area contributed by atoms with Crippen LogP contribution in [0.5, 0.6) is 5.75 Å². The molecule has 0 unspecified atom stereocenters. The summed E-state index contributed by atoms with van der Waals surface area (Å²) in [6.45, 7) is 0. The monoisotopic (exact) mass is 245 g/mol. The number of hydrogen-bond donors (Lipinski definition) is 2. The van der Waals surface area contributed by atoms with E-state index in [2.05, 4.69) is 4.72 Å². The largest absolute Gasteiger partial charge is 0.495 e. The Bertz CT molecular complexity index is 482. The third-order valence-electron chi connectivity index (χ3n) is 1.69. The SMILES string of the molecule is COc1ccccc1NS(=O)(=O)CC(=O)O. The fraction of sp³-hybridized carbons (Fsp3) is 0.222. The van der Waals surface area contributed by atoms with Crippen LogP contribution in [0, 0.1) is 0 Å². The van der Waals surface area contributed by atoms with Gasteiger partial charge in [0.25, 0.3) is 0 Å². The van der Waals surface area contributed by atoms with E-state index >= 15 is 0 Å². The van der Waals surface area contributed by atoms with Crippen molar-refractivity contribution < 1.29 is 23.1 Å². The van der Waals surface area contributed by atoms with Gasteiger partial charge in [-0.15, -0.1) is 0 Å². The van der Waals surface area contributed by atoms with Crippen molar-refractivity contribution in [2.24, 2.45) is 0 Å². The quantitative estimate of drug-likeness (QED) is 0.789. The lowest BCUT2D eigenvalue weighted by Gasteiger charge is -2.09. The zero-order chi connectivity index (χ0) is 12.2. The van der Waals surface area contributed by atoms with Crippen LogP contribution < -0.4 is 9.46 Å². The summed E-state index contributed by atoms with van der Waals surface area (Å²) in [6, 6.07) is 6.34. The average molecular weight is 245 g/mol. The Morgan fingerprint density at radius 3 is 2.62 bits per heavy atom. The zero-order valence-electron chi connectivity index (χ0n) is 8.50. The molecule has 0 bridgehead atoms. The molecule has 0 aliphatic heterocycles. The van der Waals surface area contributed by atoms with Crippen molar-refractivity contribution in [1.29, 1.82) is 0 Å². The molecule has 16 heavy (non-hydrogen) atoms. The van der Waals surface area contributed by atoms with Crippen LogP contribution in [0.1, 0.15) is 0 Å². The van der Waals surface area contributed by atoms with Crippen molar-refractivity contribution in [1.82, 2.24) is 0 Å². The Balaban J connectivity index is 2.92. The molecule has 0 heterocycles. The summed E-state index contributed by atoms with van der Waals surface area (Å²) >= 11 is 0. The van der Waals surface area contributed by atoms with Crippen LogP contribution in [0.15, 0.2) is 24.3 Å². The van der Waals surface area contributed by atoms with E-state index in [1.165, 1.54) is 13.2 Å². The minimum absolute atomic E-state index is 0.214. The Labute approximate surface area is 92.9 Å². The number of sulfonamides is 1. The molecule has 1 aromatic rings. The first-order valence-electron chi connectivity index (χ1n) is 4.30. The highest BCUT2D eigenvalue weighted by molar-refractivity contribution is 7.93. The maximum atomic E-state index is 11.3. The van der Waals surface area contributed by atoms with E-state index in [-0.39, 0.29) is 5.69 Å². The van der Waals surface area contributed by atoms with Gasteiger partial charge in [0.05, 0.1) is 12.8 Å². The normalized spacial score (nSPS) is 10.8. The Hall–Kier alpha value is -1.76. The number of nitrogens with one attached hydrogen (secondary N) is 1. The molecule has 0 atom stereocenters. The molecule has 0 amide bonds. The van der Waals surface area contributed by atoms with Crippen LogP contribution in [0.3, 0.4) is 0 Å². The number of hydrogen-bond acceptors (Lipinski definition) is 4. The number of ether oxygens (including phenoxy) is 1. The summed E-state index contributed by atoms with van der Waals surface area (Å²) in [4.78, 5) is 10.3. The molecule has 1 aromatic carbocycles. The van der Waals surface area contributed by atoms with Crippen LogP contribution in [0.25, 0.3) is 0 Å². The number of benzene rings is 1. The molecule has 0 radical (unpaired) electrons. The van der Waals surface area contributed by atoms with Gasteiger partial charge in [0.1, 0.15) is 5.75 Å². The third-order valence-corrected chi connectivity index (χ3v) is 2.84. The Morgan fingerprint density at radius 2 is 2.06 bits per heavy atom. The van der Waals surface area contributed by atoms with Gasteiger partial charge in [0.15, 0.2) is 5.75 Å². The number of para-hydroxylation sites is 2. The fourth-order valence-corrected chi connectivity index (χ4v) is 2.00. The lowest BCUT2D eigenvalue weighted by atomic mass is 10.3. The predicted octanol–water partition coefficient (Wildman–Crippen LogP) is 0.521. The van der Waals surface area contributed by atoms with Crippen molar-refractivity contribution in [2.75, 3.05) is 17.6 Å². The maximum Gasteiger partial charge on any atom is 0.320 e. The van der Waals surface area contributed by atoms with Crippen LogP contribution in [-0.2, 0) is 14.8 Å². The number of carboxylic acid groups (broad SMARTS) is 1. The number of carboxylic acids is 1. The summed E-state index contributed by atoms with van der Waals surface area (Å²) in [6.07, 6.45) is 0. The number of rotatable bonds is 5. The molecule has 0 spiro atoms. The molecule has 6 nitrogen and oxygen atoms in total. The van der Waals surface area contributed by atoms with E-state index in [9.17, 15) is 13.2 Å². The first-order valence-corrected chi connectivity index (χ1v) is 5.95. The summed E-state index contributed by atoms with van der Waals surface area (Å²) in [7, 11) is -2.50. The predicted molar refractivity (Wildman–Crippen MR) is 58.0 cm³/mol. The van der Waals surface area contributed by atoms with Gasteiger partial charge in [0.2, 0.25) is 10.0 Å². The molecule has 0 saturated carbocycles. The second-order valence-electron chi connectivity index (χ2n) is 2.96. The highest BCUT2D eigenvalue weighted by atomic mass is 32.2. The summed E-state index contributed by atoms with van der Waals surface area (Å²) in [5.41, 5.74) is 0.214. The molecule has 88 valence electrons. The molecule has 2 N–H and O–H groups in total. The summed E-state index contributed by atoms with van der Waals surface area (Å²) < 4.78 is 29.7. The van der Waals surface area contributed by atoms with E-state index in [0.717, 1.165) is 0 Å². The minimum atomic E-state index is -3.90. The second-order valence-corrected chi connectivity index (χ2v) is 4.68. The smallest absolute Gasteiger partial charge is 0.320 e. The lowest BCUT2D eigenvalue weighted by molar-refractivity contribution is -0.134. The molecular weight excluding hydrogens is 234 g/mol. The summed E-state index contributed by atoms with van der Waals surface area (Å²) in [5, 5.41) is 8.40. The van der Waals surface area contributed by atoms with Gasteiger partial charge < -0.3 is 9.84 Å². The number of aliphatic carboxylic acids is 1. The van der Waals surface area contributed by atoms with Crippen LogP contribution in [0.2, 0.25) is 0 Å². The standard InChI is InChI=1S/C9H11NO5S/c1-15-8-5-3-2-4-7(8)10-16(13,14)6-9(11)12/h2-5,10H,6H2,1H3,(H,11,12). The van der Waals surface area contributed by atoms with Crippen LogP contribution in [0.4, 0.5) is 5.69 Å². The van der Waals surface area contributed by atoms with Gasteiger partial charge in [0, 0.05) is 0 Å². The van der Waals surface area contributed by atoms with Gasteiger partial charge >= 0.3 is 5.97 Å². The molecular formula is C9H11NO5S. The first kappa shape index (κ1) is 12.3. The first-order chi connectivity index (χ1) is 7.44. The van der Waals surface area contributed by atoms with Crippen molar-refractivity contribution >= 4 is 21.7 Å². The molecule has 0 aromatic heterocycles. The van der Waals surface area contributed by atoms with E-state index < -0.39 is 21.7 Å². The number of methoxy groups -OCH3 is 1. The third kappa shape index (κ3) is 3.43. The molecule has 0 aliphatic rings. The average Bonchev–Trinajstić information content (AvgIpc) is 2.15. The van der Waals surface area contributed by atoms with Crippen molar-refractivity contribution in [3.8, 4) is 5.75 Å². The second kappa shape index (κ2) is 4.84. The maximum absolute atomic E-state index is 11.3. The topological polar surface area (TPSA) is 92.7 Å². The lowest BCUT2D eigenvalue weighted by Crippen LogP contribution is -2.22. The van der Waals surface area contributed by atoms with Crippen LogP contribution in [-0.4, -0.2) is 32.4 Å². The Morgan fingerprint density at radius 1 is 1.44 bits per heavy atom. The van der Waals surface area contributed by atoms with Gasteiger partial charge in [-0.25, -0.2) is 8.42 Å². The molecule has 1 rings (SSSR count). The van der Waals surface area contributed by atoms with Gasteiger partial charge in [-0.3, -0.25) is 9.52 Å². The van der Waals surface area contributed by atoms with E-state index in [0.29, 0.717) is 5.75 Å².